The number of benzene rings is 3. The number of fused-ring (bicyclic) bond motifs is 2. The number of carbonyl (C=O) groups is 2. The van der Waals surface area contributed by atoms with E-state index in [1.807, 2.05) is 67.6 Å². The van der Waals surface area contributed by atoms with Gasteiger partial charge in [-0.1, -0.05) is 94.4 Å². The van der Waals surface area contributed by atoms with Gasteiger partial charge in [0.1, 0.15) is 11.9 Å². The maximum absolute atomic E-state index is 14.7. The summed E-state index contributed by atoms with van der Waals surface area (Å²) in [5.74, 6) is 0.360. The van der Waals surface area contributed by atoms with E-state index in [0.717, 1.165) is 30.4 Å². The van der Waals surface area contributed by atoms with E-state index in [0.29, 0.717) is 17.7 Å². The van der Waals surface area contributed by atoms with Gasteiger partial charge in [-0.05, 0) is 78.8 Å². The molecule has 3 aromatic rings. The molecule has 9 nitrogen and oxygen atoms in total. The van der Waals surface area contributed by atoms with Crippen LogP contribution in [0, 0.1) is 28.6 Å². The molecule has 3 aromatic carbocycles. The van der Waals surface area contributed by atoms with E-state index in [9.17, 15) is 14.2 Å². The lowest BCUT2D eigenvalue weighted by molar-refractivity contribution is -0.125. The summed E-state index contributed by atoms with van der Waals surface area (Å²) in [6, 6.07) is 25.4. The topological polar surface area (TPSA) is 109 Å². The molecule has 50 heavy (non-hydrogen) atoms. The lowest BCUT2D eigenvalue weighted by Crippen LogP contribution is -2.55. The number of ether oxygens (including phenoxy) is 2. The monoisotopic (exact) mass is 703 g/mol. The van der Waals surface area contributed by atoms with E-state index in [4.69, 9.17) is 23.0 Å². The van der Waals surface area contributed by atoms with Crippen molar-refractivity contribution in [3.8, 4) is 5.75 Å². The molecule has 0 spiro atoms. The van der Waals surface area contributed by atoms with Crippen LogP contribution in [0.5, 0.6) is 5.75 Å². The zero-order valence-corrected chi connectivity index (χ0v) is 30.6. The lowest BCUT2D eigenvalue weighted by atomic mass is 9.53. The summed E-state index contributed by atoms with van der Waals surface area (Å²) in [4.78, 5) is 26.4. The molecule has 10 heteroatoms. The smallest absolute Gasteiger partial charge is 0.475 e. The standard InChI is InChI=1S/C40H50NO8P/c1-7-39(4)25-35(48-38(43)41-37(42)32-20-22-34(45-6)23-21-32)40(5)24-33(19-18-28(40)2)29(3)36(39)49-50(44,46-26-30-14-10-8-11-15-30)47-27-31-16-12-9-13-17-31/h7-17,20-23,28-29,33,35-36H,1,18-19,24-27H2,2-6H3,(H,41,42,43)/t28?,29-,33?,35-,36?,39-,40+/m1/s1. The van der Waals surface area contributed by atoms with Gasteiger partial charge < -0.3 is 9.47 Å². The Bertz CT molecular complexity index is 1600. The first-order valence-corrected chi connectivity index (χ1v) is 18.8. The van der Waals surface area contributed by atoms with Crippen molar-refractivity contribution in [1.29, 1.82) is 0 Å². The minimum Gasteiger partial charge on any atom is -0.497 e. The van der Waals surface area contributed by atoms with Gasteiger partial charge >= 0.3 is 13.9 Å². The number of carbonyl (C=O) groups excluding carboxylic acids is 2. The molecule has 3 unspecified atom stereocenters. The molecule has 5 rings (SSSR count). The summed E-state index contributed by atoms with van der Waals surface area (Å²) in [6.45, 7) is 12.8. The van der Waals surface area contributed by atoms with Gasteiger partial charge in [-0.15, -0.1) is 6.58 Å². The molecule has 2 amide bonds. The summed E-state index contributed by atoms with van der Waals surface area (Å²) in [7, 11) is -2.63. The number of hydrogen-bond acceptors (Lipinski definition) is 8. The highest BCUT2D eigenvalue weighted by molar-refractivity contribution is 7.48. The van der Waals surface area contributed by atoms with Crippen LogP contribution in [-0.2, 0) is 36.1 Å². The molecule has 2 fully saturated rings. The average molecular weight is 704 g/mol. The zero-order valence-electron chi connectivity index (χ0n) is 29.7. The van der Waals surface area contributed by atoms with Crippen LogP contribution in [-0.4, -0.2) is 31.3 Å². The van der Waals surface area contributed by atoms with Crippen molar-refractivity contribution in [2.75, 3.05) is 7.11 Å². The Hall–Kier alpha value is -3.75. The maximum atomic E-state index is 14.7. The van der Waals surface area contributed by atoms with Crippen molar-refractivity contribution in [3.63, 3.8) is 0 Å². The van der Waals surface area contributed by atoms with Crippen molar-refractivity contribution in [1.82, 2.24) is 5.32 Å². The fourth-order valence-electron chi connectivity index (χ4n) is 7.51. The van der Waals surface area contributed by atoms with Crippen molar-refractivity contribution >= 4 is 19.8 Å². The van der Waals surface area contributed by atoms with Crippen molar-refractivity contribution in [3.05, 3.63) is 114 Å². The maximum Gasteiger partial charge on any atom is 0.475 e. The molecule has 2 bridgehead atoms. The van der Waals surface area contributed by atoms with Crippen molar-refractivity contribution in [2.45, 2.75) is 78.8 Å². The summed E-state index contributed by atoms with van der Waals surface area (Å²) < 4.78 is 44.8. The van der Waals surface area contributed by atoms with E-state index in [-0.39, 0.29) is 31.0 Å². The van der Waals surface area contributed by atoms with Crippen molar-refractivity contribution < 1.29 is 37.2 Å². The third-order valence-electron chi connectivity index (χ3n) is 11.0. The molecule has 0 aromatic heterocycles. The number of imide groups is 1. The van der Waals surface area contributed by atoms with Crippen LogP contribution in [0.4, 0.5) is 4.79 Å². The second kappa shape index (κ2) is 16.1. The second-order valence-electron chi connectivity index (χ2n) is 14.3. The summed E-state index contributed by atoms with van der Waals surface area (Å²) in [5, 5.41) is 2.41. The minimum absolute atomic E-state index is 0.0337. The first-order chi connectivity index (χ1) is 23.9. The van der Waals surface area contributed by atoms with Gasteiger partial charge in [0.05, 0.1) is 26.4 Å². The summed E-state index contributed by atoms with van der Waals surface area (Å²) in [5.41, 5.74) is 0.737. The van der Waals surface area contributed by atoms with Gasteiger partial charge in [0.15, 0.2) is 0 Å². The normalized spacial score (nSPS) is 28.1. The Balaban J connectivity index is 1.42. The van der Waals surface area contributed by atoms with Gasteiger partial charge in [0.2, 0.25) is 0 Å². The molecule has 0 aliphatic heterocycles. The molecule has 0 radical (unpaired) electrons. The predicted octanol–water partition coefficient (Wildman–Crippen LogP) is 9.53. The molecule has 0 saturated heterocycles. The molecule has 2 saturated carbocycles. The van der Waals surface area contributed by atoms with Crippen molar-refractivity contribution in [2.24, 2.45) is 28.6 Å². The summed E-state index contributed by atoms with van der Waals surface area (Å²) >= 11 is 0. The Morgan fingerprint density at radius 1 is 0.880 bits per heavy atom. The fraction of sp³-hybridized carbons (Fsp3) is 0.450. The SMILES string of the molecule is C=C[C@]1(C)C[C@@H](OC(=O)NC(=O)c2ccc(OC)cc2)[C@@]2(C)CC(CCC2C)[C@@H](C)C1OP(=O)(OCc1ccccc1)OCc1ccccc1. The molecular formula is C40H50NO8P. The van der Waals surface area contributed by atoms with Gasteiger partial charge in [0, 0.05) is 16.4 Å². The number of alkyl carbamates (subject to hydrolysis) is 1. The van der Waals surface area contributed by atoms with E-state index < -0.39 is 42.9 Å². The van der Waals surface area contributed by atoms with Crippen LogP contribution in [0.2, 0.25) is 0 Å². The molecule has 0 heterocycles. The highest BCUT2D eigenvalue weighted by atomic mass is 31.2. The van der Waals surface area contributed by atoms with Crippen LogP contribution < -0.4 is 10.1 Å². The minimum atomic E-state index is -4.17. The van der Waals surface area contributed by atoms with Gasteiger partial charge in [-0.3, -0.25) is 23.7 Å². The molecule has 268 valence electrons. The van der Waals surface area contributed by atoms with Crippen LogP contribution in [0.25, 0.3) is 0 Å². The van der Waals surface area contributed by atoms with Crippen LogP contribution in [0.15, 0.2) is 97.6 Å². The number of phosphoric ester groups is 1. The van der Waals surface area contributed by atoms with Gasteiger partial charge in [-0.2, -0.15) is 0 Å². The number of nitrogens with one attached hydrogen (secondary N) is 1. The predicted molar refractivity (Wildman–Crippen MR) is 192 cm³/mol. The van der Waals surface area contributed by atoms with E-state index >= 15 is 0 Å². The Labute approximate surface area is 296 Å². The first-order valence-electron chi connectivity index (χ1n) is 17.3. The molecule has 2 aliphatic carbocycles. The Kier molecular flexibility index (Phi) is 12.1. The number of rotatable bonds is 12. The van der Waals surface area contributed by atoms with E-state index in [1.165, 1.54) is 0 Å². The third kappa shape index (κ3) is 8.75. The largest absolute Gasteiger partial charge is 0.497 e. The molecule has 2 aliphatic rings. The van der Waals surface area contributed by atoms with E-state index in [2.05, 4.69) is 32.7 Å². The Morgan fingerprint density at radius 3 is 2.00 bits per heavy atom. The first kappa shape index (κ1) is 37.5. The zero-order chi connectivity index (χ0) is 35.9. The molecule has 1 N–H and O–H groups in total. The van der Waals surface area contributed by atoms with E-state index in [1.54, 1.807) is 37.5 Å². The van der Waals surface area contributed by atoms with Gasteiger partial charge in [-0.25, -0.2) is 9.36 Å². The van der Waals surface area contributed by atoms with Crippen LogP contribution >= 0.6 is 7.82 Å². The third-order valence-corrected chi connectivity index (χ3v) is 12.4. The lowest BCUT2D eigenvalue weighted by Gasteiger charge is -2.55. The van der Waals surface area contributed by atoms with Crippen LogP contribution in [0.3, 0.4) is 0 Å². The Morgan fingerprint density at radius 2 is 1.46 bits per heavy atom. The fourth-order valence-corrected chi connectivity index (χ4v) is 9.03. The molecular weight excluding hydrogens is 653 g/mol. The quantitative estimate of drug-likeness (QED) is 0.147. The number of phosphoric acid groups is 1. The number of hydrogen-bond donors (Lipinski definition) is 1. The average Bonchev–Trinajstić information content (AvgIpc) is 3.13. The highest BCUT2D eigenvalue weighted by Gasteiger charge is 2.56. The highest BCUT2D eigenvalue weighted by Crippen LogP contribution is 2.60. The second-order valence-corrected chi connectivity index (χ2v) is 15.9. The van der Waals surface area contributed by atoms with Gasteiger partial charge in [0.25, 0.3) is 5.91 Å². The summed E-state index contributed by atoms with van der Waals surface area (Å²) in [6.07, 6.45) is 2.64. The number of methoxy groups -OCH3 is 1. The van der Waals surface area contributed by atoms with Crippen LogP contribution in [0.1, 0.15) is 74.9 Å². The molecule has 7 atom stereocenters. The number of amides is 2.